The Bertz CT molecular complexity index is 750. The van der Waals surface area contributed by atoms with Crippen molar-refractivity contribution in [2.24, 2.45) is 0 Å². The average Bonchev–Trinajstić information content (AvgIpc) is 2.95. The van der Waals surface area contributed by atoms with Gasteiger partial charge in [-0.3, -0.25) is 4.79 Å². The molecule has 1 heterocycles. The van der Waals surface area contributed by atoms with Crippen LogP contribution in [-0.4, -0.2) is 41.0 Å². The molecule has 1 amide bonds. The van der Waals surface area contributed by atoms with E-state index in [1.807, 2.05) is 30.3 Å². The summed E-state index contributed by atoms with van der Waals surface area (Å²) in [6.07, 6.45) is 0.0570. The number of esters is 1. The van der Waals surface area contributed by atoms with Crippen LogP contribution in [0.15, 0.2) is 34.7 Å². The van der Waals surface area contributed by atoms with Crippen LogP contribution in [0.2, 0.25) is 0 Å². The van der Waals surface area contributed by atoms with Crippen LogP contribution in [0.1, 0.15) is 32.2 Å². The van der Waals surface area contributed by atoms with E-state index >= 15 is 0 Å². The van der Waals surface area contributed by atoms with Crippen molar-refractivity contribution in [1.82, 2.24) is 9.88 Å². The summed E-state index contributed by atoms with van der Waals surface area (Å²) < 4.78 is 10.7. The number of ether oxygens (including phenoxy) is 1. The van der Waals surface area contributed by atoms with E-state index in [0.717, 1.165) is 5.56 Å². The molecule has 0 N–H and O–H groups in total. The third kappa shape index (κ3) is 4.07. The number of benzene rings is 1. The fourth-order valence-corrected chi connectivity index (χ4v) is 2.31. The zero-order valence-corrected chi connectivity index (χ0v) is 15.3. The number of likely N-dealkylation sites (N-methyl/N-ethyl adjacent to an activating group) is 1. The maximum absolute atomic E-state index is 12.6. The van der Waals surface area contributed by atoms with Gasteiger partial charge in [-0.15, -0.1) is 0 Å². The summed E-state index contributed by atoms with van der Waals surface area (Å²) in [6.45, 7) is 7.10. The van der Waals surface area contributed by atoms with Gasteiger partial charge in [-0.05, 0) is 39.8 Å². The van der Waals surface area contributed by atoms with E-state index in [9.17, 15) is 9.59 Å². The Balaban J connectivity index is 2.15. The monoisotopic (exact) mass is 344 g/mol. The number of hydrogen-bond donors (Lipinski definition) is 0. The topological polar surface area (TPSA) is 72.6 Å². The molecule has 0 aliphatic carbocycles. The lowest BCUT2D eigenvalue weighted by atomic mass is 10.0. The van der Waals surface area contributed by atoms with E-state index in [1.54, 1.807) is 34.7 Å². The largest absolute Gasteiger partial charge is 0.464 e. The highest BCUT2D eigenvalue weighted by molar-refractivity contribution is 5.88. The van der Waals surface area contributed by atoms with Gasteiger partial charge in [0.2, 0.25) is 11.8 Å². The molecule has 0 saturated carbocycles. The number of aromatic nitrogens is 1. The number of nitrogens with zero attached hydrogens (tertiary/aromatic N) is 2. The minimum atomic E-state index is -1.05. The molecule has 0 aliphatic heterocycles. The van der Waals surface area contributed by atoms with Crippen LogP contribution < -0.4 is 0 Å². The molecule has 25 heavy (non-hydrogen) atoms. The molecule has 6 nitrogen and oxygen atoms in total. The van der Waals surface area contributed by atoms with Crippen molar-refractivity contribution in [3.8, 4) is 11.5 Å². The van der Waals surface area contributed by atoms with Crippen LogP contribution in [0.25, 0.3) is 11.5 Å². The van der Waals surface area contributed by atoms with Crippen LogP contribution in [0, 0.1) is 6.92 Å². The molecule has 134 valence electrons. The van der Waals surface area contributed by atoms with Gasteiger partial charge in [0, 0.05) is 12.6 Å². The van der Waals surface area contributed by atoms with Crippen LogP contribution in [-0.2, 0) is 20.7 Å². The molecule has 0 radical (unpaired) electrons. The van der Waals surface area contributed by atoms with Crippen molar-refractivity contribution >= 4 is 11.9 Å². The average molecular weight is 344 g/mol. The maximum Gasteiger partial charge on any atom is 0.331 e. The predicted octanol–water partition coefficient (Wildman–Crippen LogP) is 2.99. The summed E-state index contributed by atoms with van der Waals surface area (Å²) in [5, 5.41) is 0. The molecule has 0 fully saturated rings. The lowest BCUT2D eigenvalue weighted by molar-refractivity contribution is -0.160. The molecule has 0 aliphatic rings. The Kier molecular flexibility index (Phi) is 5.62. The lowest BCUT2D eigenvalue weighted by Crippen LogP contribution is -2.52. The molecule has 1 aromatic carbocycles. The summed E-state index contributed by atoms with van der Waals surface area (Å²) in [5.41, 5.74) is 0.368. The highest BCUT2D eigenvalue weighted by Gasteiger charge is 2.37. The predicted molar refractivity (Wildman–Crippen MR) is 93.9 cm³/mol. The van der Waals surface area contributed by atoms with E-state index in [0.29, 0.717) is 17.3 Å². The summed E-state index contributed by atoms with van der Waals surface area (Å²) in [7, 11) is 1.59. The van der Waals surface area contributed by atoms with Gasteiger partial charge in [-0.2, -0.15) is 0 Å². The first-order valence-electron chi connectivity index (χ1n) is 8.23. The van der Waals surface area contributed by atoms with Crippen LogP contribution in [0.3, 0.4) is 0 Å². The quantitative estimate of drug-likeness (QED) is 0.753. The molecule has 2 aromatic rings. The van der Waals surface area contributed by atoms with Gasteiger partial charge < -0.3 is 14.1 Å². The highest BCUT2D eigenvalue weighted by atomic mass is 16.5. The van der Waals surface area contributed by atoms with Crippen molar-refractivity contribution in [1.29, 1.82) is 0 Å². The standard InChI is InChI=1S/C19H24N2O4/c1-6-24-18(23)19(3,4)21(5)16(22)12-15-13(2)25-17(20-15)14-10-8-7-9-11-14/h7-11H,6,12H2,1-5H3. The van der Waals surface area contributed by atoms with Gasteiger partial charge in [-0.1, -0.05) is 18.2 Å². The minimum Gasteiger partial charge on any atom is -0.464 e. The number of rotatable bonds is 6. The van der Waals surface area contributed by atoms with E-state index in [-0.39, 0.29) is 18.9 Å². The van der Waals surface area contributed by atoms with Crippen LogP contribution in [0.4, 0.5) is 0 Å². The Morgan fingerprint density at radius 2 is 1.88 bits per heavy atom. The third-order valence-corrected chi connectivity index (χ3v) is 4.22. The van der Waals surface area contributed by atoms with Gasteiger partial charge in [0.1, 0.15) is 11.3 Å². The van der Waals surface area contributed by atoms with Crippen LogP contribution in [0.5, 0.6) is 0 Å². The SMILES string of the molecule is CCOC(=O)C(C)(C)N(C)C(=O)Cc1nc(-c2ccccc2)oc1C. The van der Waals surface area contributed by atoms with E-state index in [2.05, 4.69) is 4.98 Å². The minimum absolute atomic E-state index is 0.0570. The van der Waals surface area contributed by atoms with Crippen molar-refractivity contribution in [3.05, 3.63) is 41.8 Å². The van der Waals surface area contributed by atoms with E-state index in [1.165, 1.54) is 4.90 Å². The number of carbonyl (C=O) groups excluding carboxylic acids is 2. The number of amides is 1. The maximum atomic E-state index is 12.6. The number of oxazole rings is 1. The molecule has 0 spiro atoms. The lowest BCUT2D eigenvalue weighted by Gasteiger charge is -2.33. The van der Waals surface area contributed by atoms with E-state index in [4.69, 9.17) is 9.15 Å². The molecule has 0 bridgehead atoms. The van der Waals surface area contributed by atoms with Crippen LogP contribution >= 0.6 is 0 Å². The first kappa shape index (κ1) is 18.7. The van der Waals surface area contributed by atoms with Crippen molar-refractivity contribution in [2.45, 2.75) is 39.7 Å². The Hall–Kier alpha value is -2.63. The fraction of sp³-hybridized carbons (Fsp3) is 0.421. The number of hydrogen-bond acceptors (Lipinski definition) is 5. The molecule has 6 heteroatoms. The van der Waals surface area contributed by atoms with Crippen molar-refractivity contribution < 1.29 is 18.7 Å². The Morgan fingerprint density at radius 3 is 2.48 bits per heavy atom. The summed E-state index contributed by atoms with van der Waals surface area (Å²) in [6, 6.07) is 9.50. The van der Waals surface area contributed by atoms with Gasteiger partial charge in [0.15, 0.2) is 0 Å². The molecular weight excluding hydrogens is 320 g/mol. The second-order valence-corrected chi connectivity index (χ2v) is 6.30. The summed E-state index contributed by atoms with van der Waals surface area (Å²) in [4.78, 5) is 30.5. The van der Waals surface area contributed by atoms with Gasteiger partial charge in [0.25, 0.3) is 0 Å². The molecule has 0 saturated heterocycles. The zero-order chi connectivity index (χ0) is 18.6. The number of carbonyl (C=O) groups is 2. The van der Waals surface area contributed by atoms with E-state index < -0.39 is 11.5 Å². The second kappa shape index (κ2) is 7.51. The zero-order valence-electron chi connectivity index (χ0n) is 15.3. The third-order valence-electron chi connectivity index (χ3n) is 4.22. The first-order chi connectivity index (χ1) is 11.8. The molecule has 0 unspecified atom stereocenters. The highest BCUT2D eigenvalue weighted by Crippen LogP contribution is 2.23. The van der Waals surface area contributed by atoms with Gasteiger partial charge >= 0.3 is 5.97 Å². The number of aryl methyl sites for hydroxylation is 1. The molecule has 1 aromatic heterocycles. The van der Waals surface area contributed by atoms with Crippen molar-refractivity contribution in [3.63, 3.8) is 0 Å². The first-order valence-corrected chi connectivity index (χ1v) is 8.23. The normalized spacial score (nSPS) is 11.2. The van der Waals surface area contributed by atoms with Gasteiger partial charge in [-0.25, -0.2) is 9.78 Å². The molecule has 0 atom stereocenters. The van der Waals surface area contributed by atoms with Gasteiger partial charge in [0.05, 0.1) is 18.7 Å². The fourth-order valence-electron chi connectivity index (χ4n) is 2.31. The van der Waals surface area contributed by atoms with Crippen molar-refractivity contribution in [2.75, 3.05) is 13.7 Å². The second-order valence-electron chi connectivity index (χ2n) is 6.30. The Morgan fingerprint density at radius 1 is 1.24 bits per heavy atom. The summed E-state index contributed by atoms with van der Waals surface area (Å²) >= 11 is 0. The molecular formula is C19H24N2O4. The smallest absolute Gasteiger partial charge is 0.331 e. The molecule has 2 rings (SSSR count). The Labute approximate surface area is 147 Å². The summed E-state index contributed by atoms with van der Waals surface area (Å²) in [5.74, 6) is 0.407.